The Morgan fingerprint density at radius 1 is 1.33 bits per heavy atom. The van der Waals surface area contributed by atoms with Crippen molar-refractivity contribution in [1.82, 2.24) is 5.32 Å². The minimum absolute atomic E-state index is 0.0402. The Labute approximate surface area is 125 Å². The monoisotopic (exact) mass is 349 g/mol. The van der Waals surface area contributed by atoms with E-state index in [2.05, 4.69) is 21.2 Å². The van der Waals surface area contributed by atoms with Crippen LogP contribution in [0, 0.1) is 0 Å². The number of amides is 1. The van der Waals surface area contributed by atoms with Crippen LogP contribution < -0.4 is 5.32 Å². The second-order valence-corrected chi connectivity index (χ2v) is 6.33. The van der Waals surface area contributed by atoms with Crippen molar-refractivity contribution in [2.45, 2.75) is 37.1 Å². The zero-order valence-electron chi connectivity index (χ0n) is 9.76. The highest BCUT2D eigenvalue weighted by molar-refractivity contribution is 9.10. The number of benzene rings is 1. The number of hydrogen-bond donors (Lipinski definition) is 1. The highest BCUT2D eigenvalue weighted by Crippen LogP contribution is 2.25. The van der Waals surface area contributed by atoms with Gasteiger partial charge in [-0.3, -0.25) is 4.79 Å². The molecule has 2 atom stereocenters. The van der Waals surface area contributed by atoms with Crippen molar-refractivity contribution in [2.75, 3.05) is 0 Å². The maximum Gasteiger partial charge on any atom is 0.251 e. The zero-order chi connectivity index (χ0) is 13.1. The summed E-state index contributed by atoms with van der Waals surface area (Å²) in [6, 6.07) is 5.22. The molecule has 0 radical (unpaired) electrons. The van der Waals surface area contributed by atoms with Gasteiger partial charge >= 0.3 is 0 Å². The van der Waals surface area contributed by atoms with Crippen molar-refractivity contribution in [3.05, 3.63) is 33.3 Å². The SMILES string of the molecule is O=C(NC1CCCCC1Cl)c1ccc(Cl)c(Br)c1. The lowest BCUT2D eigenvalue weighted by molar-refractivity contribution is 0.0928. The van der Waals surface area contributed by atoms with Crippen LogP contribution in [0.15, 0.2) is 22.7 Å². The second kappa shape index (κ2) is 6.27. The van der Waals surface area contributed by atoms with E-state index in [0.717, 1.165) is 30.2 Å². The van der Waals surface area contributed by atoms with Crippen molar-refractivity contribution in [3.63, 3.8) is 0 Å². The van der Waals surface area contributed by atoms with Crippen LogP contribution in [0.2, 0.25) is 5.02 Å². The Hall–Kier alpha value is -0.250. The predicted octanol–water partition coefficient (Wildman–Crippen LogP) is 4.38. The van der Waals surface area contributed by atoms with Gasteiger partial charge in [0, 0.05) is 16.1 Å². The topological polar surface area (TPSA) is 29.1 Å². The summed E-state index contributed by atoms with van der Waals surface area (Å²) in [5, 5.41) is 3.63. The van der Waals surface area contributed by atoms with E-state index in [1.807, 2.05) is 0 Å². The number of rotatable bonds is 2. The van der Waals surface area contributed by atoms with Crippen molar-refractivity contribution in [2.24, 2.45) is 0 Å². The van der Waals surface area contributed by atoms with E-state index in [4.69, 9.17) is 23.2 Å². The molecule has 0 spiro atoms. The molecule has 1 aliphatic carbocycles. The molecule has 2 rings (SSSR count). The Balaban J connectivity index is 2.04. The van der Waals surface area contributed by atoms with E-state index >= 15 is 0 Å². The van der Waals surface area contributed by atoms with Crippen LogP contribution in [-0.4, -0.2) is 17.3 Å². The molecule has 1 aromatic carbocycles. The molecule has 1 amide bonds. The average Bonchev–Trinajstić information content (AvgIpc) is 2.35. The van der Waals surface area contributed by atoms with Gasteiger partial charge in [0.05, 0.1) is 10.4 Å². The summed E-state index contributed by atoms with van der Waals surface area (Å²) in [5.74, 6) is -0.0927. The number of carbonyl (C=O) groups excluding carboxylic acids is 1. The number of carbonyl (C=O) groups is 1. The fraction of sp³-hybridized carbons (Fsp3) is 0.462. The van der Waals surface area contributed by atoms with Crippen molar-refractivity contribution < 1.29 is 4.79 Å². The van der Waals surface area contributed by atoms with Crippen LogP contribution in [0.1, 0.15) is 36.0 Å². The predicted molar refractivity (Wildman–Crippen MR) is 78.5 cm³/mol. The summed E-state index contributed by atoms with van der Waals surface area (Å²) < 4.78 is 0.725. The molecule has 0 saturated heterocycles. The third kappa shape index (κ3) is 3.40. The molecule has 5 heteroatoms. The Bertz CT molecular complexity index is 453. The summed E-state index contributed by atoms with van der Waals surface area (Å²) in [6.07, 6.45) is 4.19. The Morgan fingerprint density at radius 3 is 2.72 bits per heavy atom. The van der Waals surface area contributed by atoms with E-state index in [9.17, 15) is 4.79 Å². The van der Waals surface area contributed by atoms with Gasteiger partial charge in [-0.2, -0.15) is 0 Å². The lowest BCUT2D eigenvalue weighted by atomic mass is 9.94. The van der Waals surface area contributed by atoms with E-state index < -0.39 is 0 Å². The smallest absolute Gasteiger partial charge is 0.251 e. The molecule has 1 aliphatic rings. The summed E-state index contributed by atoms with van der Waals surface area (Å²) in [4.78, 5) is 12.1. The molecule has 0 aliphatic heterocycles. The first-order chi connectivity index (χ1) is 8.58. The van der Waals surface area contributed by atoms with Crippen LogP contribution in [0.3, 0.4) is 0 Å². The Kier molecular flexibility index (Phi) is 4.93. The number of halogens is 3. The van der Waals surface area contributed by atoms with Crippen LogP contribution in [0.25, 0.3) is 0 Å². The van der Waals surface area contributed by atoms with Crippen molar-refractivity contribution in [1.29, 1.82) is 0 Å². The third-order valence-electron chi connectivity index (χ3n) is 3.18. The molecule has 98 valence electrons. The van der Waals surface area contributed by atoms with E-state index in [0.29, 0.717) is 10.6 Å². The second-order valence-electron chi connectivity index (χ2n) is 4.51. The molecule has 1 saturated carbocycles. The third-order valence-corrected chi connectivity index (χ3v) is 4.92. The van der Waals surface area contributed by atoms with Gasteiger partial charge in [0.15, 0.2) is 0 Å². The number of alkyl halides is 1. The van der Waals surface area contributed by atoms with Gasteiger partial charge in [0.2, 0.25) is 0 Å². The molecule has 1 aromatic rings. The molecule has 0 heterocycles. The molecular weight excluding hydrogens is 337 g/mol. The molecule has 1 N–H and O–H groups in total. The summed E-state index contributed by atoms with van der Waals surface area (Å²) in [7, 11) is 0. The highest BCUT2D eigenvalue weighted by atomic mass is 79.9. The summed E-state index contributed by atoms with van der Waals surface area (Å²) in [5.41, 5.74) is 0.598. The summed E-state index contributed by atoms with van der Waals surface area (Å²) in [6.45, 7) is 0. The van der Waals surface area contributed by atoms with Gasteiger partial charge in [-0.15, -0.1) is 11.6 Å². The minimum Gasteiger partial charge on any atom is -0.348 e. The van der Waals surface area contributed by atoms with Crippen LogP contribution in [0.4, 0.5) is 0 Å². The summed E-state index contributed by atoms with van der Waals surface area (Å²) >= 11 is 15.4. The fourth-order valence-corrected chi connectivity index (χ4v) is 2.98. The van der Waals surface area contributed by atoms with Gasteiger partial charge in [-0.25, -0.2) is 0 Å². The molecule has 2 nitrogen and oxygen atoms in total. The van der Waals surface area contributed by atoms with Gasteiger partial charge in [-0.05, 0) is 47.0 Å². The molecule has 0 aromatic heterocycles. The van der Waals surface area contributed by atoms with Gasteiger partial charge in [0.25, 0.3) is 5.91 Å². The first-order valence-corrected chi connectivity index (χ1v) is 7.58. The highest BCUT2D eigenvalue weighted by Gasteiger charge is 2.24. The first kappa shape index (κ1) is 14.2. The van der Waals surface area contributed by atoms with Gasteiger partial charge < -0.3 is 5.32 Å². The number of nitrogens with one attached hydrogen (secondary N) is 1. The maximum atomic E-state index is 12.1. The van der Waals surface area contributed by atoms with Gasteiger partial charge in [-0.1, -0.05) is 24.4 Å². The largest absolute Gasteiger partial charge is 0.348 e. The Morgan fingerprint density at radius 2 is 2.06 bits per heavy atom. The average molecular weight is 351 g/mol. The van der Waals surface area contributed by atoms with Crippen LogP contribution >= 0.6 is 39.1 Å². The van der Waals surface area contributed by atoms with Crippen molar-refractivity contribution in [3.8, 4) is 0 Å². The number of hydrogen-bond acceptors (Lipinski definition) is 1. The minimum atomic E-state index is -0.0927. The fourth-order valence-electron chi connectivity index (χ4n) is 2.14. The normalized spacial score (nSPS) is 23.7. The standard InChI is InChI=1S/C13H14BrCl2NO/c14-9-7-8(5-6-10(9)15)13(18)17-12-4-2-1-3-11(12)16/h5-7,11-12H,1-4H2,(H,17,18). The van der Waals surface area contributed by atoms with Crippen molar-refractivity contribution >= 4 is 45.0 Å². The van der Waals surface area contributed by atoms with E-state index in [1.54, 1.807) is 18.2 Å². The molecule has 2 unspecified atom stereocenters. The molecule has 0 bridgehead atoms. The molecule has 18 heavy (non-hydrogen) atoms. The van der Waals surface area contributed by atoms with Crippen LogP contribution in [-0.2, 0) is 0 Å². The van der Waals surface area contributed by atoms with Crippen LogP contribution in [0.5, 0.6) is 0 Å². The zero-order valence-corrected chi connectivity index (χ0v) is 12.9. The quantitative estimate of drug-likeness (QED) is 0.788. The maximum absolute atomic E-state index is 12.1. The molecular formula is C13H14BrCl2NO. The first-order valence-electron chi connectivity index (χ1n) is 5.98. The lowest BCUT2D eigenvalue weighted by Gasteiger charge is -2.27. The van der Waals surface area contributed by atoms with E-state index in [1.165, 1.54) is 0 Å². The lowest BCUT2D eigenvalue weighted by Crippen LogP contribution is -2.42. The molecule has 1 fully saturated rings. The van der Waals surface area contributed by atoms with Gasteiger partial charge in [0.1, 0.15) is 0 Å². The van der Waals surface area contributed by atoms with E-state index in [-0.39, 0.29) is 17.3 Å².